The Morgan fingerprint density at radius 3 is 2.87 bits per heavy atom. The van der Waals surface area contributed by atoms with Crippen LogP contribution in [0.4, 0.5) is 0 Å². The van der Waals surface area contributed by atoms with Gasteiger partial charge < -0.3 is 10.4 Å². The van der Waals surface area contributed by atoms with Crippen LogP contribution in [0.25, 0.3) is 0 Å². The highest BCUT2D eigenvalue weighted by atomic mass is 32.1. The van der Waals surface area contributed by atoms with Crippen molar-refractivity contribution in [2.24, 2.45) is 0 Å². The highest BCUT2D eigenvalue weighted by molar-refractivity contribution is 7.11. The number of thiophene rings is 1. The molecule has 0 bridgehead atoms. The third kappa shape index (κ3) is 4.76. The van der Waals surface area contributed by atoms with Crippen LogP contribution in [0.5, 0.6) is 0 Å². The van der Waals surface area contributed by atoms with Gasteiger partial charge in [-0.15, -0.1) is 11.3 Å². The highest BCUT2D eigenvalue weighted by Crippen LogP contribution is 2.14. The second kappa shape index (κ2) is 5.68. The van der Waals surface area contributed by atoms with Crippen LogP contribution in [0, 0.1) is 6.92 Å². The third-order valence-electron chi connectivity index (χ3n) is 1.87. The lowest BCUT2D eigenvalue weighted by Gasteiger charge is -2.02. The number of carbonyl (C=O) groups is 1. The largest absolute Gasteiger partial charge is 0.478 e. The molecule has 0 spiro atoms. The molecule has 0 atom stereocenters. The second-order valence-corrected chi connectivity index (χ2v) is 4.82. The van der Waals surface area contributed by atoms with Crippen molar-refractivity contribution < 1.29 is 9.90 Å². The first-order chi connectivity index (χ1) is 7.08. The van der Waals surface area contributed by atoms with Crippen molar-refractivity contribution in [1.82, 2.24) is 5.32 Å². The van der Waals surface area contributed by atoms with E-state index in [1.165, 1.54) is 15.8 Å². The Balaban J connectivity index is 2.30. The van der Waals surface area contributed by atoms with Gasteiger partial charge in [-0.3, -0.25) is 0 Å². The molecule has 15 heavy (non-hydrogen) atoms. The molecule has 82 valence electrons. The monoisotopic (exact) mass is 225 g/mol. The summed E-state index contributed by atoms with van der Waals surface area (Å²) < 4.78 is 0. The molecule has 0 fully saturated rings. The number of carboxylic acid groups (broad SMARTS) is 1. The topological polar surface area (TPSA) is 49.3 Å². The van der Waals surface area contributed by atoms with Crippen LogP contribution in [0.15, 0.2) is 23.8 Å². The van der Waals surface area contributed by atoms with E-state index in [1.54, 1.807) is 18.3 Å². The van der Waals surface area contributed by atoms with Crippen LogP contribution >= 0.6 is 11.3 Å². The molecule has 3 nitrogen and oxygen atoms in total. The van der Waals surface area contributed by atoms with Crippen LogP contribution in [-0.2, 0) is 11.3 Å². The van der Waals surface area contributed by atoms with Gasteiger partial charge in [0.1, 0.15) is 0 Å². The maximum atomic E-state index is 10.3. The molecule has 1 aromatic rings. The predicted molar refractivity (Wildman–Crippen MR) is 62.2 cm³/mol. The Bertz CT molecular complexity index is 368. The van der Waals surface area contributed by atoms with E-state index in [0.717, 1.165) is 12.1 Å². The second-order valence-electron chi connectivity index (χ2n) is 3.44. The fourth-order valence-corrected chi connectivity index (χ4v) is 2.08. The SMILES string of the molecule is C/C(=C/C(=O)O)CNCc1ccc(C)s1. The lowest BCUT2D eigenvalue weighted by atomic mass is 10.3. The molecule has 0 aliphatic heterocycles. The lowest BCUT2D eigenvalue weighted by molar-refractivity contribution is -0.131. The summed E-state index contributed by atoms with van der Waals surface area (Å²) >= 11 is 1.76. The molecular formula is C11H15NO2S. The predicted octanol–water partition coefficient (Wildman–Crippen LogP) is 2.18. The summed E-state index contributed by atoms with van der Waals surface area (Å²) in [6, 6.07) is 4.17. The number of rotatable bonds is 5. The maximum Gasteiger partial charge on any atom is 0.328 e. The van der Waals surface area contributed by atoms with E-state index >= 15 is 0 Å². The van der Waals surface area contributed by atoms with Crippen molar-refractivity contribution in [3.63, 3.8) is 0 Å². The first-order valence-electron chi connectivity index (χ1n) is 4.74. The summed E-state index contributed by atoms with van der Waals surface area (Å²) in [6.45, 7) is 5.29. The summed E-state index contributed by atoms with van der Waals surface area (Å²) in [6.07, 6.45) is 1.23. The summed E-state index contributed by atoms with van der Waals surface area (Å²) in [5, 5.41) is 11.7. The molecule has 0 aliphatic carbocycles. The standard InChI is InChI=1S/C11H15NO2S/c1-8(5-11(13)14)6-12-7-10-4-3-9(2)15-10/h3-5,12H,6-7H2,1-2H3,(H,13,14)/b8-5-. The van der Waals surface area contributed by atoms with Crippen molar-refractivity contribution in [2.75, 3.05) is 6.54 Å². The molecule has 1 heterocycles. The minimum absolute atomic E-state index is 0.614. The summed E-state index contributed by atoms with van der Waals surface area (Å²) in [7, 11) is 0. The molecule has 0 aromatic carbocycles. The van der Waals surface area contributed by atoms with E-state index in [1.807, 2.05) is 0 Å². The van der Waals surface area contributed by atoms with Gasteiger partial charge >= 0.3 is 5.97 Å². The zero-order chi connectivity index (χ0) is 11.3. The van der Waals surface area contributed by atoms with E-state index < -0.39 is 5.97 Å². The van der Waals surface area contributed by atoms with Crippen LogP contribution in [0.1, 0.15) is 16.7 Å². The van der Waals surface area contributed by atoms with Crippen molar-refractivity contribution >= 4 is 17.3 Å². The van der Waals surface area contributed by atoms with Crippen LogP contribution in [-0.4, -0.2) is 17.6 Å². The average molecular weight is 225 g/mol. The van der Waals surface area contributed by atoms with Crippen LogP contribution in [0.2, 0.25) is 0 Å². The summed E-state index contributed by atoms with van der Waals surface area (Å²) in [5.41, 5.74) is 0.829. The Morgan fingerprint density at radius 1 is 1.60 bits per heavy atom. The molecule has 1 rings (SSSR count). The van der Waals surface area contributed by atoms with Gasteiger partial charge in [0.05, 0.1) is 0 Å². The number of aliphatic carboxylic acids is 1. The van der Waals surface area contributed by atoms with Crippen molar-refractivity contribution in [1.29, 1.82) is 0 Å². The number of aryl methyl sites for hydroxylation is 1. The van der Waals surface area contributed by atoms with Gasteiger partial charge in [0.25, 0.3) is 0 Å². The molecule has 4 heteroatoms. The van der Waals surface area contributed by atoms with E-state index in [0.29, 0.717) is 6.54 Å². The molecule has 0 aliphatic rings. The fraction of sp³-hybridized carbons (Fsp3) is 0.364. The quantitative estimate of drug-likeness (QED) is 0.755. The zero-order valence-electron chi connectivity index (χ0n) is 8.91. The molecule has 0 unspecified atom stereocenters. The van der Waals surface area contributed by atoms with Gasteiger partial charge in [-0.05, 0) is 26.0 Å². The Kier molecular flexibility index (Phi) is 4.52. The first kappa shape index (κ1) is 11.9. The molecule has 0 amide bonds. The highest BCUT2D eigenvalue weighted by Gasteiger charge is 1.97. The number of carboxylic acids is 1. The third-order valence-corrected chi connectivity index (χ3v) is 2.87. The average Bonchev–Trinajstić information content (AvgIpc) is 2.50. The molecule has 0 saturated carbocycles. The van der Waals surface area contributed by atoms with Gasteiger partial charge in [0.2, 0.25) is 0 Å². The summed E-state index contributed by atoms with van der Waals surface area (Å²) in [4.78, 5) is 12.9. The fourth-order valence-electron chi connectivity index (χ4n) is 1.22. The molecular weight excluding hydrogens is 210 g/mol. The lowest BCUT2D eigenvalue weighted by Crippen LogP contribution is -2.15. The number of nitrogens with one attached hydrogen (secondary N) is 1. The molecule has 0 saturated heterocycles. The number of hydrogen-bond acceptors (Lipinski definition) is 3. The molecule has 0 radical (unpaired) electrons. The van der Waals surface area contributed by atoms with Gasteiger partial charge in [0, 0.05) is 28.9 Å². The normalized spacial score (nSPS) is 11.7. The Labute approximate surface area is 93.4 Å². The van der Waals surface area contributed by atoms with Crippen molar-refractivity contribution in [3.05, 3.63) is 33.5 Å². The van der Waals surface area contributed by atoms with Crippen LogP contribution < -0.4 is 5.32 Å². The van der Waals surface area contributed by atoms with Gasteiger partial charge in [-0.1, -0.05) is 5.57 Å². The van der Waals surface area contributed by atoms with E-state index in [2.05, 4.69) is 24.4 Å². The van der Waals surface area contributed by atoms with E-state index in [9.17, 15) is 4.79 Å². The number of hydrogen-bond donors (Lipinski definition) is 2. The Hall–Kier alpha value is -1.13. The first-order valence-corrected chi connectivity index (χ1v) is 5.55. The summed E-state index contributed by atoms with van der Waals surface area (Å²) in [5.74, 6) is -0.888. The van der Waals surface area contributed by atoms with Crippen molar-refractivity contribution in [3.8, 4) is 0 Å². The molecule has 2 N–H and O–H groups in total. The minimum Gasteiger partial charge on any atom is -0.478 e. The van der Waals surface area contributed by atoms with Gasteiger partial charge in [0.15, 0.2) is 0 Å². The van der Waals surface area contributed by atoms with E-state index in [4.69, 9.17) is 5.11 Å². The zero-order valence-corrected chi connectivity index (χ0v) is 9.73. The van der Waals surface area contributed by atoms with Gasteiger partial charge in [-0.25, -0.2) is 4.79 Å². The van der Waals surface area contributed by atoms with Crippen molar-refractivity contribution in [2.45, 2.75) is 20.4 Å². The van der Waals surface area contributed by atoms with E-state index in [-0.39, 0.29) is 0 Å². The smallest absolute Gasteiger partial charge is 0.328 e. The van der Waals surface area contributed by atoms with Crippen LogP contribution in [0.3, 0.4) is 0 Å². The minimum atomic E-state index is -0.888. The Morgan fingerprint density at radius 2 is 2.33 bits per heavy atom. The van der Waals surface area contributed by atoms with Gasteiger partial charge in [-0.2, -0.15) is 0 Å². The molecule has 1 aromatic heterocycles. The maximum absolute atomic E-state index is 10.3.